The minimum absolute atomic E-state index is 0.223. The van der Waals surface area contributed by atoms with Gasteiger partial charge in [-0.1, -0.05) is 57.7 Å². The minimum Gasteiger partial charge on any atom is -0.380 e. The van der Waals surface area contributed by atoms with Crippen molar-refractivity contribution in [2.75, 3.05) is 12.9 Å². The fraction of sp³-hybridized carbons (Fsp3) is 0.462. The molecule has 0 atom stereocenters. The van der Waals surface area contributed by atoms with Crippen molar-refractivity contribution in [3.63, 3.8) is 0 Å². The topological polar surface area (TPSA) is 43.4 Å². The Hall–Kier alpha value is -1.98. The minimum atomic E-state index is -0.445. The Bertz CT molecular complexity index is 857. The number of carbonyl (C=O) groups is 2. The van der Waals surface area contributed by atoms with E-state index >= 15 is 0 Å². The highest BCUT2D eigenvalue weighted by atomic mass is 32.2. The highest BCUT2D eigenvalue weighted by molar-refractivity contribution is 7.99. The average molecular weight is 445 g/mol. The van der Waals surface area contributed by atoms with Gasteiger partial charge in [-0.2, -0.15) is 0 Å². The second kappa shape index (κ2) is 12.8. The third-order valence-electron chi connectivity index (χ3n) is 5.51. The maximum atomic E-state index is 14.1. The summed E-state index contributed by atoms with van der Waals surface area (Å²) in [7, 11) is 1.60. The van der Waals surface area contributed by atoms with Crippen LogP contribution in [0.5, 0.6) is 0 Å². The van der Waals surface area contributed by atoms with Gasteiger partial charge in [0, 0.05) is 34.3 Å². The Morgan fingerprint density at radius 1 is 1.10 bits per heavy atom. The molecule has 0 aliphatic carbocycles. The number of benzene rings is 2. The third kappa shape index (κ3) is 7.29. The van der Waals surface area contributed by atoms with Crippen molar-refractivity contribution in [1.29, 1.82) is 0 Å². The molecule has 2 aromatic carbocycles. The molecule has 0 unspecified atom stereocenters. The lowest BCUT2D eigenvalue weighted by atomic mass is 9.81. The van der Waals surface area contributed by atoms with E-state index < -0.39 is 11.2 Å². The van der Waals surface area contributed by atoms with Crippen molar-refractivity contribution < 1.29 is 18.7 Å². The van der Waals surface area contributed by atoms with Gasteiger partial charge in [0.2, 0.25) is 0 Å². The summed E-state index contributed by atoms with van der Waals surface area (Å²) >= 11 is 1.48. The average Bonchev–Trinajstić information content (AvgIpc) is 2.79. The lowest BCUT2D eigenvalue weighted by Crippen LogP contribution is -2.26. The normalized spacial score (nSPS) is 11.5. The molecule has 2 aromatic rings. The Kier molecular flexibility index (Phi) is 10.4. The first-order valence-electron chi connectivity index (χ1n) is 11.0. The van der Waals surface area contributed by atoms with Crippen LogP contribution in [0.4, 0.5) is 4.39 Å². The van der Waals surface area contributed by atoms with Gasteiger partial charge in [0.25, 0.3) is 0 Å². The highest BCUT2D eigenvalue weighted by Gasteiger charge is 2.29. The monoisotopic (exact) mass is 444 g/mol. The summed E-state index contributed by atoms with van der Waals surface area (Å²) in [6, 6.07) is 11.5. The molecule has 0 N–H and O–H groups in total. The molecule has 5 heteroatoms. The molecular formula is C26H33FO3S. The van der Waals surface area contributed by atoms with Gasteiger partial charge in [0.1, 0.15) is 12.1 Å². The Morgan fingerprint density at radius 3 is 2.42 bits per heavy atom. The van der Waals surface area contributed by atoms with E-state index in [0.29, 0.717) is 28.4 Å². The number of ether oxygens (including phenoxy) is 1. The molecule has 0 spiro atoms. The SMILES string of the molecule is CCCCC(C=O)(CCCC)CSc1ccc(F)cc1C(=O)c1cccc(COC)c1. The van der Waals surface area contributed by atoms with Crippen LogP contribution < -0.4 is 0 Å². The number of halogens is 1. The van der Waals surface area contributed by atoms with Crippen molar-refractivity contribution in [3.8, 4) is 0 Å². The molecule has 0 heterocycles. The van der Waals surface area contributed by atoms with Crippen molar-refractivity contribution in [2.45, 2.75) is 63.9 Å². The zero-order chi connectivity index (χ0) is 22.7. The Morgan fingerprint density at radius 2 is 1.81 bits per heavy atom. The highest BCUT2D eigenvalue weighted by Crippen LogP contribution is 2.37. The molecule has 0 bridgehead atoms. The number of methoxy groups -OCH3 is 1. The lowest BCUT2D eigenvalue weighted by molar-refractivity contribution is -0.116. The molecule has 0 saturated heterocycles. The first-order chi connectivity index (χ1) is 15.0. The first kappa shape index (κ1) is 25.3. The standard InChI is InChI=1S/C26H33FO3S/c1-4-6-13-26(18-28,14-7-5-2)19-31-24-12-11-22(27)16-23(24)25(29)21-10-8-9-20(15-21)17-30-3/h8-12,15-16,18H,4-7,13-14,17,19H2,1-3H3. The smallest absolute Gasteiger partial charge is 0.194 e. The molecule has 3 nitrogen and oxygen atoms in total. The number of thioether (sulfide) groups is 1. The molecule has 2 rings (SSSR count). The van der Waals surface area contributed by atoms with E-state index in [4.69, 9.17) is 4.74 Å². The van der Waals surface area contributed by atoms with E-state index in [-0.39, 0.29) is 5.78 Å². The summed E-state index contributed by atoms with van der Waals surface area (Å²) in [5, 5.41) is 0. The van der Waals surface area contributed by atoms with Crippen LogP contribution in [-0.2, 0) is 16.1 Å². The number of aldehydes is 1. The van der Waals surface area contributed by atoms with Gasteiger partial charge >= 0.3 is 0 Å². The molecule has 0 radical (unpaired) electrons. The molecule has 168 valence electrons. The van der Waals surface area contributed by atoms with Gasteiger partial charge in [-0.3, -0.25) is 4.79 Å². The van der Waals surface area contributed by atoms with Crippen LogP contribution in [-0.4, -0.2) is 24.9 Å². The molecule has 0 aliphatic heterocycles. The second-order valence-electron chi connectivity index (χ2n) is 8.08. The number of carbonyl (C=O) groups excluding carboxylic acids is 2. The second-order valence-corrected chi connectivity index (χ2v) is 9.10. The van der Waals surface area contributed by atoms with Crippen LogP contribution in [0.1, 0.15) is 73.9 Å². The van der Waals surface area contributed by atoms with Crippen molar-refractivity contribution >= 4 is 23.8 Å². The van der Waals surface area contributed by atoms with Crippen molar-refractivity contribution in [3.05, 3.63) is 65.0 Å². The van der Waals surface area contributed by atoms with E-state index in [0.717, 1.165) is 50.4 Å². The molecule has 31 heavy (non-hydrogen) atoms. The van der Waals surface area contributed by atoms with Gasteiger partial charge in [-0.05, 0) is 42.7 Å². The quantitative estimate of drug-likeness (QED) is 0.181. The lowest BCUT2D eigenvalue weighted by Gasteiger charge is -2.28. The fourth-order valence-corrected chi connectivity index (χ4v) is 4.90. The summed E-state index contributed by atoms with van der Waals surface area (Å²) in [5.41, 5.74) is 1.31. The third-order valence-corrected chi connectivity index (χ3v) is 6.89. The molecule has 0 fully saturated rings. The summed E-state index contributed by atoms with van der Waals surface area (Å²) < 4.78 is 19.2. The number of ketones is 1. The Balaban J connectivity index is 2.30. The summed E-state index contributed by atoms with van der Waals surface area (Å²) in [4.78, 5) is 26.0. The van der Waals surface area contributed by atoms with E-state index in [9.17, 15) is 14.0 Å². The largest absolute Gasteiger partial charge is 0.380 e. The van der Waals surface area contributed by atoms with Crippen LogP contribution in [0.25, 0.3) is 0 Å². The number of hydrogen-bond donors (Lipinski definition) is 0. The van der Waals surface area contributed by atoms with Gasteiger partial charge in [-0.25, -0.2) is 4.39 Å². The van der Waals surface area contributed by atoms with Crippen LogP contribution in [0.3, 0.4) is 0 Å². The van der Waals surface area contributed by atoms with Crippen LogP contribution >= 0.6 is 11.8 Å². The molecule has 0 aliphatic rings. The van der Waals surface area contributed by atoms with Gasteiger partial charge in [-0.15, -0.1) is 11.8 Å². The van der Waals surface area contributed by atoms with Crippen molar-refractivity contribution in [2.24, 2.45) is 5.41 Å². The van der Waals surface area contributed by atoms with Crippen LogP contribution in [0, 0.1) is 11.2 Å². The predicted octanol–water partition coefficient (Wildman–Crippen LogP) is 6.86. The van der Waals surface area contributed by atoms with E-state index in [1.54, 1.807) is 31.4 Å². The van der Waals surface area contributed by atoms with Gasteiger partial charge in [0.15, 0.2) is 5.78 Å². The van der Waals surface area contributed by atoms with Gasteiger partial charge in [0.05, 0.1) is 6.61 Å². The van der Waals surface area contributed by atoms with Crippen molar-refractivity contribution in [1.82, 2.24) is 0 Å². The summed E-state index contributed by atoms with van der Waals surface area (Å²) in [5.74, 6) is -0.0790. The fourth-order valence-electron chi connectivity index (χ4n) is 3.63. The zero-order valence-electron chi connectivity index (χ0n) is 18.8. The van der Waals surface area contributed by atoms with Crippen LogP contribution in [0.2, 0.25) is 0 Å². The predicted molar refractivity (Wildman–Crippen MR) is 125 cm³/mol. The number of hydrogen-bond acceptors (Lipinski definition) is 4. The molecule has 0 saturated carbocycles. The summed E-state index contributed by atoms with van der Waals surface area (Å²) in [6.07, 6.45) is 6.82. The molecule has 0 aromatic heterocycles. The molecular weight excluding hydrogens is 411 g/mol. The van der Waals surface area contributed by atoms with Gasteiger partial charge < -0.3 is 9.53 Å². The number of unbranched alkanes of at least 4 members (excludes halogenated alkanes) is 2. The van der Waals surface area contributed by atoms with Crippen LogP contribution in [0.15, 0.2) is 47.4 Å². The van der Waals surface area contributed by atoms with E-state index in [1.165, 1.54) is 23.9 Å². The zero-order valence-corrected chi connectivity index (χ0v) is 19.6. The number of rotatable bonds is 14. The maximum Gasteiger partial charge on any atom is 0.194 e. The van der Waals surface area contributed by atoms with E-state index in [1.807, 2.05) is 6.07 Å². The Labute approximate surface area is 189 Å². The maximum absolute atomic E-state index is 14.1. The molecule has 0 amide bonds. The summed E-state index contributed by atoms with van der Waals surface area (Å²) in [6.45, 7) is 4.65. The van der Waals surface area contributed by atoms with E-state index in [2.05, 4.69) is 13.8 Å². The first-order valence-corrected chi connectivity index (χ1v) is 12.0.